The molecule has 4 nitrogen and oxygen atoms in total. The molecule has 5 heteroatoms. The molecule has 1 fully saturated rings. The summed E-state index contributed by atoms with van der Waals surface area (Å²) < 4.78 is 5.74. The first-order valence-corrected chi connectivity index (χ1v) is 7.79. The number of hydrogen-bond donors (Lipinski definition) is 1. The number of nitrogens with zero attached hydrogens (tertiary/aromatic N) is 1. The van der Waals surface area contributed by atoms with E-state index >= 15 is 0 Å². The average Bonchev–Trinajstić information content (AvgIpc) is 2.88. The van der Waals surface area contributed by atoms with Crippen LogP contribution >= 0.6 is 11.6 Å². The third-order valence-corrected chi connectivity index (χ3v) is 3.84. The van der Waals surface area contributed by atoms with Gasteiger partial charge in [-0.15, -0.1) is 0 Å². The van der Waals surface area contributed by atoms with E-state index in [0.29, 0.717) is 22.3 Å². The topological polar surface area (TPSA) is 41.6 Å². The molecule has 21 heavy (non-hydrogen) atoms. The van der Waals surface area contributed by atoms with Gasteiger partial charge in [0, 0.05) is 18.1 Å². The van der Waals surface area contributed by atoms with E-state index in [4.69, 9.17) is 16.3 Å². The monoisotopic (exact) mass is 310 g/mol. The number of hydrogen-bond acceptors (Lipinski definition) is 3. The Morgan fingerprint density at radius 1 is 1.52 bits per heavy atom. The molecule has 116 valence electrons. The summed E-state index contributed by atoms with van der Waals surface area (Å²) in [7, 11) is 1.94. The lowest BCUT2D eigenvalue weighted by Crippen LogP contribution is -2.30. The summed E-state index contributed by atoms with van der Waals surface area (Å²) in [4.78, 5) is 14.6. The van der Waals surface area contributed by atoms with Gasteiger partial charge in [-0.2, -0.15) is 0 Å². The van der Waals surface area contributed by atoms with Crippen molar-refractivity contribution in [2.45, 2.75) is 26.4 Å². The summed E-state index contributed by atoms with van der Waals surface area (Å²) in [6.07, 6.45) is 1.06. The normalized spacial score (nSPS) is 18.3. The highest BCUT2D eigenvalue weighted by Crippen LogP contribution is 2.27. The summed E-state index contributed by atoms with van der Waals surface area (Å²) in [5.41, 5.74) is 0.557. The molecule has 0 saturated carbocycles. The third kappa shape index (κ3) is 4.11. The Morgan fingerprint density at radius 2 is 2.29 bits per heavy atom. The zero-order valence-corrected chi connectivity index (χ0v) is 13.6. The fourth-order valence-electron chi connectivity index (χ4n) is 2.67. The number of rotatable bonds is 5. The lowest BCUT2D eigenvalue weighted by Gasteiger charge is -2.20. The molecule has 0 bridgehead atoms. The number of carbonyl (C=O) groups is 1. The van der Waals surface area contributed by atoms with Crippen molar-refractivity contribution in [1.29, 1.82) is 0 Å². The highest BCUT2D eigenvalue weighted by molar-refractivity contribution is 6.31. The van der Waals surface area contributed by atoms with Crippen LogP contribution in [0, 0.1) is 5.92 Å². The van der Waals surface area contributed by atoms with E-state index in [0.717, 1.165) is 26.1 Å². The predicted octanol–water partition coefficient (Wildman–Crippen LogP) is 2.81. The van der Waals surface area contributed by atoms with Crippen LogP contribution in [0.1, 0.15) is 30.6 Å². The van der Waals surface area contributed by atoms with Crippen molar-refractivity contribution in [3.8, 4) is 5.75 Å². The molecule has 1 aliphatic rings. The first kappa shape index (κ1) is 16.1. The zero-order chi connectivity index (χ0) is 15.4. The van der Waals surface area contributed by atoms with E-state index in [-0.39, 0.29) is 12.0 Å². The molecule has 0 radical (unpaired) electrons. The maximum atomic E-state index is 12.7. The van der Waals surface area contributed by atoms with Gasteiger partial charge in [0.25, 0.3) is 5.91 Å². The molecule has 1 aromatic rings. The van der Waals surface area contributed by atoms with Gasteiger partial charge in [0.05, 0.1) is 11.7 Å². The van der Waals surface area contributed by atoms with Gasteiger partial charge in [0.2, 0.25) is 0 Å². The van der Waals surface area contributed by atoms with Gasteiger partial charge >= 0.3 is 0 Å². The van der Waals surface area contributed by atoms with Crippen LogP contribution in [0.2, 0.25) is 5.02 Å². The molecule has 1 saturated heterocycles. The molecule has 0 unspecified atom stereocenters. The minimum atomic E-state index is 0.00625. The van der Waals surface area contributed by atoms with E-state index in [1.54, 1.807) is 18.2 Å². The molecule has 2 rings (SSSR count). The zero-order valence-electron chi connectivity index (χ0n) is 12.9. The Kier molecular flexibility index (Phi) is 5.48. The van der Waals surface area contributed by atoms with Gasteiger partial charge < -0.3 is 15.0 Å². The Balaban J connectivity index is 2.16. The van der Waals surface area contributed by atoms with E-state index in [1.165, 1.54) is 0 Å². The van der Waals surface area contributed by atoms with Gasteiger partial charge in [-0.05, 0) is 58.0 Å². The Morgan fingerprint density at radius 3 is 2.95 bits per heavy atom. The van der Waals surface area contributed by atoms with Crippen LogP contribution in [-0.4, -0.2) is 43.6 Å². The molecule has 1 amide bonds. The standard InChI is InChI=1S/C16H23ClN2O2/c1-11(2)21-15-5-4-13(17)8-14(15)16(20)19-7-6-12(10-19)9-18-3/h4-5,8,11-12,18H,6-7,9-10H2,1-3H3/t12-/m1/s1. The predicted molar refractivity (Wildman–Crippen MR) is 85.2 cm³/mol. The van der Waals surface area contributed by atoms with E-state index in [2.05, 4.69) is 5.32 Å². The summed E-state index contributed by atoms with van der Waals surface area (Å²) >= 11 is 6.05. The minimum absolute atomic E-state index is 0.00625. The molecule has 1 aliphatic heterocycles. The molecule has 0 aromatic heterocycles. The SMILES string of the molecule is CNC[C@H]1CCN(C(=O)c2cc(Cl)ccc2OC(C)C)C1. The molecule has 1 atom stereocenters. The average molecular weight is 311 g/mol. The molecule has 1 heterocycles. The summed E-state index contributed by atoms with van der Waals surface area (Å²) in [6.45, 7) is 6.41. The van der Waals surface area contributed by atoms with E-state index in [1.807, 2.05) is 25.8 Å². The van der Waals surface area contributed by atoms with Gasteiger partial charge in [-0.1, -0.05) is 11.6 Å². The van der Waals surface area contributed by atoms with Crippen LogP contribution in [0.15, 0.2) is 18.2 Å². The number of amides is 1. The molecule has 1 N–H and O–H groups in total. The van der Waals surface area contributed by atoms with Crippen molar-refractivity contribution in [2.75, 3.05) is 26.7 Å². The lowest BCUT2D eigenvalue weighted by molar-refractivity contribution is 0.0781. The van der Waals surface area contributed by atoms with Gasteiger partial charge in [-0.25, -0.2) is 0 Å². The van der Waals surface area contributed by atoms with Crippen molar-refractivity contribution in [1.82, 2.24) is 10.2 Å². The minimum Gasteiger partial charge on any atom is -0.490 e. The molecule has 1 aromatic carbocycles. The second-order valence-corrected chi connectivity index (χ2v) is 6.21. The molecular weight excluding hydrogens is 288 g/mol. The second-order valence-electron chi connectivity index (χ2n) is 5.77. The number of likely N-dealkylation sites (tertiary alicyclic amines) is 1. The number of nitrogens with one attached hydrogen (secondary N) is 1. The first-order valence-electron chi connectivity index (χ1n) is 7.41. The van der Waals surface area contributed by atoms with Crippen LogP contribution < -0.4 is 10.1 Å². The van der Waals surface area contributed by atoms with Gasteiger partial charge in [-0.3, -0.25) is 4.79 Å². The van der Waals surface area contributed by atoms with Gasteiger partial charge in [0.1, 0.15) is 5.75 Å². The number of halogens is 1. The van der Waals surface area contributed by atoms with Crippen LogP contribution in [0.5, 0.6) is 5.75 Å². The highest BCUT2D eigenvalue weighted by atomic mass is 35.5. The highest BCUT2D eigenvalue weighted by Gasteiger charge is 2.28. The summed E-state index contributed by atoms with van der Waals surface area (Å²) in [6, 6.07) is 5.23. The maximum absolute atomic E-state index is 12.7. The molecular formula is C16H23ClN2O2. The van der Waals surface area contributed by atoms with Crippen LogP contribution in [0.3, 0.4) is 0 Å². The van der Waals surface area contributed by atoms with Crippen molar-refractivity contribution in [2.24, 2.45) is 5.92 Å². The smallest absolute Gasteiger partial charge is 0.257 e. The Labute approximate surface area is 131 Å². The Hall–Kier alpha value is -1.26. The summed E-state index contributed by atoms with van der Waals surface area (Å²) in [5, 5.41) is 3.73. The maximum Gasteiger partial charge on any atom is 0.257 e. The van der Waals surface area contributed by atoms with Crippen molar-refractivity contribution in [3.63, 3.8) is 0 Å². The largest absolute Gasteiger partial charge is 0.490 e. The number of ether oxygens (including phenoxy) is 1. The number of benzene rings is 1. The molecule has 0 aliphatic carbocycles. The molecule has 0 spiro atoms. The third-order valence-electron chi connectivity index (χ3n) is 3.60. The van der Waals surface area contributed by atoms with E-state index in [9.17, 15) is 4.79 Å². The summed E-state index contributed by atoms with van der Waals surface area (Å²) in [5.74, 6) is 1.14. The van der Waals surface area contributed by atoms with Crippen molar-refractivity contribution >= 4 is 17.5 Å². The van der Waals surface area contributed by atoms with Crippen LogP contribution in [0.4, 0.5) is 0 Å². The van der Waals surface area contributed by atoms with Gasteiger partial charge in [0.15, 0.2) is 0 Å². The fraction of sp³-hybridized carbons (Fsp3) is 0.562. The number of carbonyl (C=O) groups excluding carboxylic acids is 1. The van der Waals surface area contributed by atoms with E-state index < -0.39 is 0 Å². The van der Waals surface area contributed by atoms with Crippen LogP contribution in [0.25, 0.3) is 0 Å². The first-order chi connectivity index (χ1) is 10.0. The Bertz CT molecular complexity index is 505. The fourth-order valence-corrected chi connectivity index (χ4v) is 2.84. The lowest BCUT2D eigenvalue weighted by atomic mass is 10.1. The van der Waals surface area contributed by atoms with Crippen LogP contribution in [-0.2, 0) is 0 Å². The second kappa shape index (κ2) is 7.14. The van der Waals surface area contributed by atoms with Crippen molar-refractivity contribution in [3.05, 3.63) is 28.8 Å². The van der Waals surface area contributed by atoms with Crippen molar-refractivity contribution < 1.29 is 9.53 Å². The quantitative estimate of drug-likeness (QED) is 0.909.